The smallest absolute Gasteiger partial charge is 0.316 e. The number of ether oxygens (including phenoxy) is 1. The van der Waals surface area contributed by atoms with Crippen LogP contribution < -0.4 is 0 Å². The van der Waals surface area contributed by atoms with E-state index in [1.54, 1.807) is 37.3 Å². The molecule has 2 atom stereocenters. The van der Waals surface area contributed by atoms with E-state index >= 15 is 0 Å². The number of fused-ring (bicyclic) bond motifs is 1. The Labute approximate surface area is 127 Å². The van der Waals surface area contributed by atoms with Gasteiger partial charge in [-0.15, -0.1) is 0 Å². The van der Waals surface area contributed by atoms with E-state index in [2.05, 4.69) is 0 Å². The third-order valence-corrected chi connectivity index (χ3v) is 4.43. The molecule has 3 rings (SSSR count). The van der Waals surface area contributed by atoms with Gasteiger partial charge in [-0.2, -0.15) is 0 Å². The van der Waals surface area contributed by atoms with Crippen molar-refractivity contribution in [3.63, 3.8) is 0 Å². The van der Waals surface area contributed by atoms with Gasteiger partial charge in [0.1, 0.15) is 11.4 Å². The van der Waals surface area contributed by atoms with Crippen molar-refractivity contribution in [2.24, 2.45) is 0 Å². The molecule has 0 saturated heterocycles. The van der Waals surface area contributed by atoms with Crippen molar-refractivity contribution in [2.45, 2.75) is 24.4 Å². The number of hydrogen-bond acceptors (Lipinski definition) is 4. The van der Waals surface area contributed by atoms with Crippen molar-refractivity contribution in [1.82, 2.24) is 0 Å². The van der Waals surface area contributed by atoms with E-state index < -0.39 is 17.0 Å². The lowest BCUT2D eigenvalue weighted by Gasteiger charge is -2.25. The average Bonchev–Trinajstić information content (AvgIpc) is 3.06. The van der Waals surface area contributed by atoms with Crippen molar-refractivity contribution in [1.29, 1.82) is 0 Å². The van der Waals surface area contributed by atoms with Gasteiger partial charge in [-0.3, -0.25) is 4.79 Å². The Morgan fingerprint density at radius 1 is 1.38 bits per heavy atom. The molecule has 1 aromatic heterocycles. The van der Waals surface area contributed by atoms with E-state index in [1.807, 2.05) is 0 Å². The number of hydrogen-bond donors (Lipinski definition) is 1. The number of benzene rings is 1. The van der Waals surface area contributed by atoms with Crippen molar-refractivity contribution < 1.29 is 19.1 Å². The molecule has 2 aromatic rings. The SMILES string of the molecule is COC(=O)[C@@]1(C)C[C@@](O)(c2ccco2)c2cc(Cl)ccc21. The van der Waals surface area contributed by atoms with Gasteiger partial charge in [-0.25, -0.2) is 0 Å². The zero-order chi connectivity index (χ0) is 15.3. The second-order valence-electron chi connectivity index (χ2n) is 5.53. The van der Waals surface area contributed by atoms with Crippen molar-refractivity contribution in [3.05, 3.63) is 58.5 Å². The molecule has 1 heterocycles. The lowest BCUT2D eigenvalue weighted by molar-refractivity contribution is -0.148. The Hall–Kier alpha value is -1.78. The van der Waals surface area contributed by atoms with Gasteiger partial charge in [0, 0.05) is 11.4 Å². The summed E-state index contributed by atoms with van der Waals surface area (Å²) in [5.74, 6) is -0.00722. The molecule has 0 aliphatic heterocycles. The van der Waals surface area contributed by atoms with Crippen LogP contribution in [0.25, 0.3) is 0 Å². The van der Waals surface area contributed by atoms with Crippen LogP contribution in [0.3, 0.4) is 0 Å². The first kappa shape index (κ1) is 14.2. The summed E-state index contributed by atoms with van der Waals surface area (Å²) in [6.45, 7) is 1.76. The Bertz CT molecular complexity index is 694. The summed E-state index contributed by atoms with van der Waals surface area (Å²) in [7, 11) is 1.34. The summed E-state index contributed by atoms with van der Waals surface area (Å²) >= 11 is 6.06. The molecular weight excluding hydrogens is 292 g/mol. The standard InChI is InChI=1S/C16H15ClO4/c1-15(14(18)20-2)9-16(19,13-4-3-7-21-13)12-8-10(17)5-6-11(12)15/h3-8,19H,9H2,1-2H3/t15-,16-/m0/s1. The lowest BCUT2D eigenvalue weighted by Crippen LogP contribution is -2.34. The molecule has 0 amide bonds. The van der Waals surface area contributed by atoms with Gasteiger partial charge < -0.3 is 14.3 Å². The maximum Gasteiger partial charge on any atom is 0.316 e. The summed E-state index contributed by atoms with van der Waals surface area (Å²) < 4.78 is 10.3. The van der Waals surface area contributed by atoms with Crippen LogP contribution in [-0.2, 0) is 20.5 Å². The Kier molecular flexibility index (Phi) is 3.11. The normalized spacial score (nSPS) is 27.4. The molecule has 0 bridgehead atoms. The summed E-state index contributed by atoms with van der Waals surface area (Å²) in [6.07, 6.45) is 1.64. The number of esters is 1. The molecule has 1 aromatic carbocycles. The highest BCUT2D eigenvalue weighted by Crippen LogP contribution is 2.52. The van der Waals surface area contributed by atoms with E-state index in [0.717, 1.165) is 0 Å². The minimum absolute atomic E-state index is 0.149. The highest BCUT2D eigenvalue weighted by atomic mass is 35.5. The number of furan rings is 1. The number of halogens is 1. The summed E-state index contributed by atoms with van der Waals surface area (Å²) in [5, 5.41) is 11.6. The number of carbonyl (C=O) groups is 1. The van der Waals surface area contributed by atoms with Crippen LogP contribution in [0.2, 0.25) is 5.02 Å². The first-order valence-electron chi connectivity index (χ1n) is 6.57. The van der Waals surface area contributed by atoms with Gasteiger partial charge in [0.15, 0.2) is 0 Å². The highest BCUT2D eigenvalue weighted by molar-refractivity contribution is 6.30. The molecule has 0 saturated carbocycles. The Morgan fingerprint density at radius 3 is 2.76 bits per heavy atom. The fourth-order valence-electron chi connectivity index (χ4n) is 3.18. The lowest BCUT2D eigenvalue weighted by atomic mass is 9.82. The number of methoxy groups -OCH3 is 1. The molecule has 0 radical (unpaired) electrons. The fourth-order valence-corrected chi connectivity index (χ4v) is 3.36. The second kappa shape index (κ2) is 4.61. The quantitative estimate of drug-likeness (QED) is 0.867. The number of rotatable bonds is 2. The van der Waals surface area contributed by atoms with Gasteiger partial charge in [0.25, 0.3) is 0 Å². The zero-order valence-electron chi connectivity index (χ0n) is 11.7. The van der Waals surface area contributed by atoms with Gasteiger partial charge in [-0.1, -0.05) is 17.7 Å². The Morgan fingerprint density at radius 2 is 2.14 bits per heavy atom. The van der Waals surface area contributed by atoms with Crippen LogP contribution >= 0.6 is 11.6 Å². The third-order valence-electron chi connectivity index (χ3n) is 4.20. The van der Waals surface area contributed by atoms with Crippen LogP contribution in [0.5, 0.6) is 0 Å². The van der Waals surface area contributed by atoms with Gasteiger partial charge in [0.2, 0.25) is 0 Å². The average molecular weight is 307 g/mol. The van der Waals surface area contributed by atoms with Crippen LogP contribution in [0.1, 0.15) is 30.2 Å². The minimum atomic E-state index is -1.40. The van der Waals surface area contributed by atoms with Crippen molar-refractivity contribution in [2.75, 3.05) is 7.11 Å². The monoisotopic (exact) mass is 306 g/mol. The topological polar surface area (TPSA) is 59.7 Å². The molecule has 1 aliphatic carbocycles. The minimum Gasteiger partial charge on any atom is -0.468 e. The largest absolute Gasteiger partial charge is 0.468 e. The first-order valence-corrected chi connectivity index (χ1v) is 6.95. The van der Waals surface area contributed by atoms with Crippen LogP contribution in [0.15, 0.2) is 41.0 Å². The molecule has 1 N–H and O–H groups in total. The van der Waals surface area contributed by atoms with Gasteiger partial charge in [0.05, 0.1) is 18.8 Å². The predicted molar refractivity (Wildman–Crippen MR) is 77.1 cm³/mol. The molecule has 21 heavy (non-hydrogen) atoms. The van der Waals surface area contributed by atoms with Crippen molar-refractivity contribution in [3.8, 4) is 0 Å². The molecule has 0 spiro atoms. The maximum absolute atomic E-state index is 12.2. The molecule has 0 unspecified atom stereocenters. The summed E-state index contributed by atoms with van der Waals surface area (Å²) in [6, 6.07) is 8.53. The molecule has 4 nitrogen and oxygen atoms in total. The number of aliphatic hydroxyl groups is 1. The summed E-state index contributed by atoms with van der Waals surface area (Å²) in [5.41, 5.74) is -1.06. The molecule has 1 aliphatic rings. The molecule has 5 heteroatoms. The third kappa shape index (κ3) is 1.90. The van der Waals surface area contributed by atoms with E-state index in [0.29, 0.717) is 21.9 Å². The molecule has 0 fully saturated rings. The van der Waals surface area contributed by atoms with E-state index in [4.69, 9.17) is 20.8 Å². The first-order chi connectivity index (χ1) is 9.91. The van der Waals surface area contributed by atoms with Gasteiger partial charge >= 0.3 is 5.97 Å². The molecule has 110 valence electrons. The van der Waals surface area contributed by atoms with Crippen LogP contribution in [0.4, 0.5) is 0 Å². The van der Waals surface area contributed by atoms with E-state index in [9.17, 15) is 9.90 Å². The Balaban J connectivity index is 2.25. The highest BCUT2D eigenvalue weighted by Gasteiger charge is 2.55. The fraction of sp³-hybridized carbons (Fsp3) is 0.312. The second-order valence-corrected chi connectivity index (χ2v) is 5.96. The van der Waals surface area contributed by atoms with Crippen molar-refractivity contribution >= 4 is 17.6 Å². The van der Waals surface area contributed by atoms with E-state index in [-0.39, 0.29) is 6.42 Å². The van der Waals surface area contributed by atoms with E-state index in [1.165, 1.54) is 13.4 Å². The predicted octanol–water partition coefficient (Wildman–Crippen LogP) is 3.00. The number of carbonyl (C=O) groups excluding carboxylic acids is 1. The van der Waals surface area contributed by atoms with Crippen LogP contribution in [-0.4, -0.2) is 18.2 Å². The maximum atomic E-state index is 12.2. The van der Waals surface area contributed by atoms with Gasteiger partial charge in [-0.05, 0) is 42.3 Å². The van der Waals surface area contributed by atoms with Crippen LogP contribution in [0, 0.1) is 0 Å². The zero-order valence-corrected chi connectivity index (χ0v) is 12.5. The molecular formula is C16H15ClO4. The summed E-state index contributed by atoms with van der Waals surface area (Å²) in [4.78, 5) is 12.2.